The van der Waals surface area contributed by atoms with Crippen LogP contribution >= 0.6 is 0 Å². The normalized spacial score (nSPS) is 12.7. The highest BCUT2D eigenvalue weighted by Crippen LogP contribution is 2.24. The molecular weight excluding hydrogens is 250 g/mol. The predicted octanol–water partition coefficient (Wildman–Crippen LogP) is 2.15. The van der Waals surface area contributed by atoms with Crippen molar-refractivity contribution < 1.29 is 4.74 Å². The van der Waals surface area contributed by atoms with Crippen LogP contribution in [0.3, 0.4) is 0 Å². The second-order valence-corrected chi connectivity index (χ2v) is 5.00. The first-order valence-corrected chi connectivity index (χ1v) is 7.48. The number of nitrogens with two attached hydrogens (primary N) is 1. The van der Waals surface area contributed by atoms with Crippen LogP contribution < -0.4 is 15.8 Å². The molecule has 1 atom stereocenters. The second-order valence-electron chi connectivity index (χ2n) is 5.00. The van der Waals surface area contributed by atoms with Crippen molar-refractivity contribution in [3.8, 4) is 5.75 Å². The Bertz CT molecular complexity index is 391. The molecule has 0 aliphatic carbocycles. The summed E-state index contributed by atoms with van der Waals surface area (Å²) in [4.78, 5) is 2.39. The fourth-order valence-electron chi connectivity index (χ4n) is 2.30. The summed E-state index contributed by atoms with van der Waals surface area (Å²) in [7, 11) is 1.73. The lowest BCUT2D eigenvalue weighted by atomic mass is 10.0. The molecule has 0 spiro atoms. The van der Waals surface area contributed by atoms with E-state index in [4.69, 9.17) is 10.5 Å². The monoisotopic (exact) mass is 279 g/mol. The van der Waals surface area contributed by atoms with Crippen molar-refractivity contribution in [2.45, 2.75) is 33.4 Å². The van der Waals surface area contributed by atoms with Gasteiger partial charge < -0.3 is 15.8 Å². The third-order valence-electron chi connectivity index (χ3n) is 3.69. The van der Waals surface area contributed by atoms with Crippen LogP contribution in [-0.2, 0) is 6.54 Å². The summed E-state index contributed by atoms with van der Waals surface area (Å²) >= 11 is 0. The molecule has 4 heteroatoms. The molecule has 0 bridgehead atoms. The Labute approximate surface area is 123 Å². The van der Waals surface area contributed by atoms with E-state index in [1.807, 2.05) is 0 Å². The van der Waals surface area contributed by atoms with Crippen molar-refractivity contribution in [1.82, 2.24) is 10.2 Å². The Kier molecular flexibility index (Phi) is 7.59. The zero-order chi connectivity index (χ0) is 15.0. The molecular formula is C16H29N3O. The topological polar surface area (TPSA) is 50.5 Å². The standard InChI is InChI=1S/C16H29N3O/c1-5-19(6-2)12-15-11-14(7-8-16(15)20-4)13(3)18-10-9-17/h7-8,11,13,18H,5-6,9-10,12,17H2,1-4H3. The van der Waals surface area contributed by atoms with E-state index < -0.39 is 0 Å². The summed E-state index contributed by atoms with van der Waals surface area (Å²) in [6.45, 7) is 11.0. The molecule has 1 aromatic rings. The molecule has 4 nitrogen and oxygen atoms in total. The average Bonchev–Trinajstić information content (AvgIpc) is 2.49. The number of rotatable bonds is 9. The van der Waals surface area contributed by atoms with Gasteiger partial charge in [0.15, 0.2) is 0 Å². The van der Waals surface area contributed by atoms with Crippen LogP contribution in [0, 0.1) is 0 Å². The summed E-state index contributed by atoms with van der Waals surface area (Å²) in [5.41, 5.74) is 8.07. The lowest BCUT2D eigenvalue weighted by Gasteiger charge is -2.21. The summed E-state index contributed by atoms with van der Waals surface area (Å²) in [6, 6.07) is 6.73. The summed E-state index contributed by atoms with van der Waals surface area (Å²) < 4.78 is 5.48. The molecule has 0 aromatic heterocycles. The van der Waals surface area contributed by atoms with Crippen molar-refractivity contribution in [3.05, 3.63) is 29.3 Å². The van der Waals surface area contributed by atoms with Crippen LogP contribution in [0.15, 0.2) is 18.2 Å². The van der Waals surface area contributed by atoms with Crippen molar-refractivity contribution in [2.24, 2.45) is 5.73 Å². The molecule has 0 fully saturated rings. The van der Waals surface area contributed by atoms with Crippen molar-refractivity contribution in [2.75, 3.05) is 33.3 Å². The zero-order valence-electron chi connectivity index (χ0n) is 13.3. The van der Waals surface area contributed by atoms with Gasteiger partial charge in [0.05, 0.1) is 7.11 Å². The lowest BCUT2D eigenvalue weighted by molar-refractivity contribution is 0.289. The van der Waals surface area contributed by atoms with Crippen LogP contribution in [0.1, 0.15) is 37.9 Å². The van der Waals surface area contributed by atoms with Crippen LogP contribution in [-0.4, -0.2) is 38.2 Å². The average molecular weight is 279 g/mol. The lowest BCUT2D eigenvalue weighted by Crippen LogP contribution is -2.26. The maximum absolute atomic E-state index is 5.54. The van der Waals surface area contributed by atoms with Crippen molar-refractivity contribution in [3.63, 3.8) is 0 Å². The maximum atomic E-state index is 5.54. The van der Waals surface area contributed by atoms with Gasteiger partial charge in [0.1, 0.15) is 5.75 Å². The summed E-state index contributed by atoms with van der Waals surface area (Å²) in [5, 5.41) is 3.42. The fraction of sp³-hybridized carbons (Fsp3) is 0.625. The van der Waals surface area contributed by atoms with E-state index in [-0.39, 0.29) is 0 Å². The minimum absolute atomic E-state index is 0.305. The Morgan fingerprint density at radius 1 is 1.30 bits per heavy atom. The Balaban J connectivity index is 2.89. The Morgan fingerprint density at radius 2 is 2.00 bits per heavy atom. The smallest absolute Gasteiger partial charge is 0.123 e. The zero-order valence-corrected chi connectivity index (χ0v) is 13.3. The van der Waals surface area contributed by atoms with E-state index in [2.05, 4.69) is 49.2 Å². The van der Waals surface area contributed by atoms with E-state index in [1.165, 1.54) is 11.1 Å². The molecule has 0 heterocycles. The first-order chi connectivity index (χ1) is 9.65. The van der Waals surface area contributed by atoms with Crippen LogP contribution in [0.5, 0.6) is 5.75 Å². The largest absolute Gasteiger partial charge is 0.496 e. The molecule has 1 rings (SSSR count). The van der Waals surface area contributed by atoms with Gasteiger partial charge in [0, 0.05) is 31.2 Å². The number of ether oxygens (including phenoxy) is 1. The van der Waals surface area contributed by atoms with Gasteiger partial charge in [-0.05, 0) is 37.7 Å². The van der Waals surface area contributed by atoms with Gasteiger partial charge in [-0.15, -0.1) is 0 Å². The predicted molar refractivity (Wildman–Crippen MR) is 85.1 cm³/mol. The number of methoxy groups -OCH3 is 1. The maximum Gasteiger partial charge on any atom is 0.123 e. The minimum Gasteiger partial charge on any atom is -0.496 e. The van der Waals surface area contributed by atoms with Gasteiger partial charge in [-0.1, -0.05) is 19.9 Å². The van der Waals surface area contributed by atoms with Gasteiger partial charge >= 0.3 is 0 Å². The molecule has 0 aliphatic heterocycles. The van der Waals surface area contributed by atoms with Crippen LogP contribution in [0.4, 0.5) is 0 Å². The van der Waals surface area contributed by atoms with Gasteiger partial charge in [0.25, 0.3) is 0 Å². The third-order valence-corrected chi connectivity index (χ3v) is 3.69. The second kappa shape index (κ2) is 8.95. The summed E-state index contributed by atoms with van der Waals surface area (Å²) in [5.74, 6) is 0.965. The molecule has 20 heavy (non-hydrogen) atoms. The fourth-order valence-corrected chi connectivity index (χ4v) is 2.30. The molecule has 3 N–H and O–H groups in total. The third kappa shape index (κ3) is 4.78. The number of hydrogen-bond acceptors (Lipinski definition) is 4. The van der Waals surface area contributed by atoms with E-state index in [9.17, 15) is 0 Å². The Hall–Kier alpha value is -1.10. The van der Waals surface area contributed by atoms with E-state index in [0.29, 0.717) is 12.6 Å². The number of hydrogen-bond donors (Lipinski definition) is 2. The molecule has 114 valence electrons. The van der Waals surface area contributed by atoms with E-state index in [1.54, 1.807) is 7.11 Å². The van der Waals surface area contributed by atoms with Gasteiger partial charge in [-0.2, -0.15) is 0 Å². The first-order valence-electron chi connectivity index (χ1n) is 7.48. The number of nitrogens with one attached hydrogen (secondary N) is 1. The SMILES string of the molecule is CCN(CC)Cc1cc(C(C)NCCN)ccc1OC. The minimum atomic E-state index is 0.305. The van der Waals surface area contributed by atoms with Gasteiger partial charge in [0.2, 0.25) is 0 Å². The van der Waals surface area contributed by atoms with Crippen LogP contribution in [0.25, 0.3) is 0 Å². The molecule has 1 aromatic carbocycles. The van der Waals surface area contributed by atoms with Crippen LogP contribution in [0.2, 0.25) is 0 Å². The highest BCUT2D eigenvalue weighted by molar-refractivity contribution is 5.38. The van der Waals surface area contributed by atoms with E-state index >= 15 is 0 Å². The first kappa shape index (κ1) is 17.0. The van der Waals surface area contributed by atoms with Crippen molar-refractivity contribution >= 4 is 0 Å². The summed E-state index contributed by atoms with van der Waals surface area (Å²) in [6.07, 6.45) is 0. The number of benzene rings is 1. The molecule has 0 amide bonds. The molecule has 0 aliphatic rings. The Morgan fingerprint density at radius 3 is 2.55 bits per heavy atom. The molecule has 1 unspecified atom stereocenters. The highest BCUT2D eigenvalue weighted by atomic mass is 16.5. The molecule has 0 saturated carbocycles. The van der Waals surface area contributed by atoms with Crippen molar-refractivity contribution in [1.29, 1.82) is 0 Å². The molecule has 0 saturated heterocycles. The highest BCUT2D eigenvalue weighted by Gasteiger charge is 2.11. The van der Waals surface area contributed by atoms with Gasteiger partial charge in [-0.25, -0.2) is 0 Å². The number of nitrogens with zero attached hydrogens (tertiary/aromatic N) is 1. The molecule has 0 radical (unpaired) electrons. The van der Waals surface area contributed by atoms with Gasteiger partial charge in [-0.3, -0.25) is 4.90 Å². The quantitative estimate of drug-likeness (QED) is 0.727. The van der Waals surface area contributed by atoms with E-state index in [0.717, 1.165) is 31.9 Å².